The number of nitrogens with one attached hydrogen (secondary N) is 1. The largest absolute Gasteiger partial charge is 0.464 e. The van der Waals surface area contributed by atoms with Crippen molar-refractivity contribution in [1.29, 1.82) is 0 Å². The summed E-state index contributed by atoms with van der Waals surface area (Å²) in [5.41, 5.74) is 0.204. The Morgan fingerprint density at radius 1 is 1.44 bits per heavy atom. The SMILES string of the molecule is COC(=O)c1cc(C=O)cc(NC(C)=O)n1. The van der Waals surface area contributed by atoms with E-state index in [9.17, 15) is 14.4 Å². The van der Waals surface area contributed by atoms with Crippen molar-refractivity contribution in [3.8, 4) is 0 Å². The molecule has 0 aliphatic carbocycles. The number of rotatable bonds is 3. The number of carbonyl (C=O) groups excluding carboxylic acids is 3. The van der Waals surface area contributed by atoms with Crippen molar-refractivity contribution < 1.29 is 19.1 Å². The van der Waals surface area contributed by atoms with Crippen molar-refractivity contribution >= 4 is 24.0 Å². The van der Waals surface area contributed by atoms with Crippen LogP contribution in [0.3, 0.4) is 0 Å². The van der Waals surface area contributed by atoms with Gasteiger partial charge in [-0.3, -0.25) is 9.59 Å². The number of pyridine rings is 1. The van der Waals surface area contributed by atoms with Crippen LogP contribution in [0.5, 0.6) is 0 Å². The Kier molecular flexibility index (Phi) is 3.71. The normalized spacial score (nSPS) is 9.38. The number of methoxy groups -OCH3 is 1. The van der Waals surface area contributed by atoms with Crippen molar-refractivity contribution in [3.05, 3.63) is 23.4 Å². The zero-order chi connectivity index (χ0) is 12.1. The number of anilines is 1. The molecular weight excluding hydrogens is 212 g/mol. The lowest BCUT2D eigenvalue weighted by Gasteiger charge is -2.04. The van der Waals surface area contributed by atoms with E-state index in [-0.39, 0.29) is 23.0 Å². The van der Waals surface area contributed by atoms with Gasteiger partial charge in [-0.25, -0.2) is 9.78 Å². The fourth-order valence-corrected chi connectivity index (χ4v) is 1.07. The molecule has 0 radical (unpaired) electrons. The van der Waals surface area contributed by atoms with Crippen molar-refractivity contribution in [1.82, 2.24) is 4.98 Å². The molecule has 6 nitrogen and oxygen atoms in total. The van der Waals surface area contributed by atoms with E-state index >= 15 is 0 Å². The maximum absolute atomic E-state index is 11.2. The Morgan fingerprint density at radius 2 is 2.12 bits per heavy atom. The van der Waals surface area contributed by atoms with E-state index < -0.39 is 5.97 Å². The minimum absolute atomic E-state index is 0.0316. The number of hydrogen-bond donors (Lipinski definition) is 1. The third-order valence-corrected chi connectivity index (χ3v) is 1.68. The van der Waals surface area contributed by atoms with Crippen LogP contribution in [0.25, 0.3) is 0 Å². The van der Waals surface area contributed by atoms with Crippen molar-refractivity contribution in [3.63, 3.8) is 0 Å². The predicted molar refractivity (Wildman–Crippen MR) is 55.3 cm³/mol. The first-order valence-electron chi connectivity index (χ1n) is 4.40. The standard InChI is InChI=1S/C10H10N2O4/c1-6(14)11-9-4-7(5-13)3-8(12-9)10(15)16-2/h3-5H,1-2H3,(H,11,12,14). The molecular formula is C10H10N2O4. The molecule has 84 valence electrons. The second kappa shape index (κ2) is 5.01. The number of ether oxygens (including phenoxy) is 1. The zero-order valence-electron chi connectivity index (χ0n) is 8.81. The van der Waals surface area contributed by atoms with Gasteiger partial charge in [0.05, 0.1) is 7.11 Å². The molecule has 1 rings (SSSR count). The third kappa shape index (κ3) is 2.88. The quantitative estimate of drug-likeness (QED) is 0.599. The second-order valence-corrected chi connectivity index (χ2v) is 2.96. The van der Waals surface area contributed by atoms with Crippen LogP contribution in [-0.2, 0) is 9.53 Å². The Hall–Kier alpha value is -2.24. The summed E-state index contributed by atoms with van der Waals surface area (Å²) < 4.78 is 4.47. The number of esters is 1. The van der Waals surface area contributed by atoms with Crippen LogP contribution >= 0.6 is 0 Å². The maximum Gasteiger partial charge on any atom is 0.356 e. The molecule has 0 saturated heterocycles. The molecule has 1 aromatic rings. The Labute approximate surface area is 91.6 Å². The van der Waals surface area contributed by atoms with E-state index in [4.69, 9.17) is 0 Å². The highest BCUT2D eigenvalue weighted by molar-refractivity contribution is 5.93. The van der Waals surface area contributed by atoms with Gasteiger partial charge in [0.2, 0.25) is 5.91 Å². The smallest absolute Gasteiger partial charge is 0.356 e. The lowest BCUT2D eigenvalue weighted by Crippen LogP contribution is -2.12. The molecule has 0 bridgehead atoms. The molecule has 6 heteroatoms. The van der Waals surface area contributed by atoms with Gasteiger partial charge in [-0.15, -0.1) is 0 Å². The van der Waals surface area contributed by atoms with Gasteiger partial charge in [0.25, 0.3) is 0 Å². The van der Waals surface area contributed by atoms with E-state index in [0.29, 0.717) is 6.29 Å². The molecule has 0 spiro atoms. The van der Waals surface area contributed by atoms with Gasteiger partial charge in [-0.05, 0) is 12.1 Å². The van der Waals surface area contributed by atoms with Crippen LogP contribution in [0.4, 0.5) is 5.82 Å². The van der Waals surface area contributed by atoms with Gasteiger partial charge < -0.3 is 10.1 Å². The van der Waals surface area contributed by atoms with Crippen LogP contribution in [0.1, 0.15) is 27.8 Å². The first-order valence-corrected chi connectivity index (χ1v) is 4.40. The molecule has 1 heterocycles. The average Bonchev–Trinajstić information content (AvgIpc) is 2.26. The Morgan fingerprint density at radius 3 is 2.62 bits per heavy atom. The lowest BCUT2D eigenvalue weighted by atomic mass is 10.2. The third-order valence-electron chi connectivity index (χ3n) is 1.68. The average molecular weight is 222 g/mol. The summed E-state index contributed by atoms with van der Waals surface area (Å²) in [6, 6.07) is 2.64. The molecule has 1 amide bonds. The molecule has 0 atom stereocenters. The van der Waals surface area contributed by atoms with Gasteiger partial charge in [0.15, 0.2) is 5.69 Å². The van der Waals surface area contributed by atoms with Crippen molar-refractivity contribution in [2.75, 3.05) is 12.4 Å². The number of nitrogens with zero attached hydrogens (tertiary/aromatic N) is 1. The van der Waals surface area contributed by atoms with Gasteiger partial charge in [-0.1, -0.05) is 0 Å². The summed E-state index contributed by atoms with van der Waals surface area (Å²) >= 11 is 0. The molecule has 0 fully saturated rings. The summed E-state index contributed by atoms with van der Waals surface area (Å²) in [4.78, 5) is 36.5. The molecule has 0 aliphatic heterocycles. The van der Waals surface area contributed by atoms with Gasteiger partial charge >= 0.3 is 5.97 Å². The molecule has 0 aromatic carbocycles. The highest BCUT2D eigenvalue weighted by Gasteiger charge is 2.11. The summed E-state index contributed by atoms with van der Waals surface area (Å²) in [7, 11) is 1.20. The summed E-state index contributed by atoms with van der Waals surface area (Å²) in [6.45, 7) is 1.30. The number of amides is 1. The topological polar surface area (TPSA) is 85.4 Å². The fraction of sp³-hybridized carbons (Fsp3) is 0.200. The molecule has 1 N–H and O–H groups in total. The lowest BCUT2D eigenvalue weighted by molar-refractivity contribution is -0.114. The zero-order valence-corrected chi connectivity index (χ0v) is 8.81. The van der Waals surface area contributed by atoms with Crippen molar-refractivity contribution in [2.45, 2.75) is 6.92 Å². The predicted octanol–water partition coefficient (Wildman–Crippen LogP) is 0.639. The molecule has 0 aliphatic rings. The number of aldehydes is 1. The van der Waals surface area contributed by atoms with E-state index in [1.807, 2.05) is 0 Å². The minimum Gasteiger partial charge on any atom is -0.464 e. The minimum atomic E-state index is -0.671. The van der Waals surface area contributed by atoms with Gasteiger partial charge in [0, 0.05) is 12.5 Å². The summed E-state index contributed by atoms with van der Waals surface area (Å²) in [5.74, 6) is -0.876. The van der Waals surface area contributed by atoms with Crippen LogP contribution in [0.2, 0.25) is 0 Å². The van der Waals surface area contributed by atoms with E-state index in [2.05, 4.69) is 15.0 Å². The molecule has 1 aromatic heterocycles. The van der Waals surface area contributed by atoms with Gasteiger partial charge in [-0.2, -0.15) is 0 Å². The first-order chi connectivity index (χ1) is 7.56. The number of aromatic nitrogens is 1. The highest BCUT2D eigenvalue weighted by atomic mass is 16.5. The molecule has 0 saturated carbocycles. The Balaban J connectivity index is 3.15. The van der Waals surface area contributed by atoms with E-state index in [1.54, 1.807) is 0 Å². The molecule has 0 unspecified atom stereocenters. The highest BCUT2D eigenvalue weighted by Crippen LogP contribution is 2.10. The summed E-state index contributed by atoms with van der Waals surface area (Å²) in [6.07, 6.45) is 0.555. The van der Waals surface area contributed by atoms with Crippen molar-refractivity contribution in [2.24, 2.45) is 0 Å². The van der Waals surface area contributed by atoms with Crippen LogP contribution < -0.4 is 5.32 Å². The molecule has 16 heavy (non-hydrogen) atoms. The Bertz CT molecular complexity index is 442. The first kappa shape index (κ1) is 11.8. The maximum atomic E-state index is 11.2. The second-order valence-electron chi connectivity index (χ2n) is 2.96. The summed E-state index contributed by atoms with van der Waals surface area (Å²) in [5, 5.41) is 2.38. The van der Waals surface area contributed by atoms with Crippen LogP contribution in [0, 0.1) is 0 Å². The van der Waals surface area contributed by atoms with Crippen LogP contribution in [-0.4, -0.2) is 30.3 Å². The fourth-order valence-electron chi connectivity index (χ4n) is 1.07. The van der Waals surface area contributed by atoms with E-state index in [0.717, 1.165) is 0 Å². The van der Waals surface area contributed by atoms with Crippen LogP contribution in [0.15, 0.2) is 12.1 Å². The number of carbonyl (C=O) groups is 3. The monoisotopic (exact) mass is 222 g/mol. The van der Waals surface area contributed by atoms with E-state index in [1.165, 1.54) is 26.2 Å². The number of hydrogen-bond acceptors (Lipinski definition) is 5. The van der Waals surface area contributed by atoms with Gasteiger partial charge in [0.1, 0.15) is 12.1 Å².